The first-order valence-electron chi connectivity index (χ1n) is 9.37. The van der Waals surface area contributed by atoms with Crippen LogP contribution in [0.25, 0.3) is 10.9 Å². The van der Waals surface area contributed by atoms with Gasteiger partial charge in [0, 0.05) is 49.3 Å². The number of nitrogens with one attached hydrogen (secondary N) is 1. The minimum Gasteiger partial charge on any atom is -0.356 e. The highest BCUT2D eigenvalue weighted by molar-refractivity contribution is 6.38. The molecule has 1 aliphatic heterocycles. The number of aryl methyl sites for hydroxylation is 1. The number of hydrogen-bond acceptors (Lipinski definition) is 3. The highest BCUT2D eigenvalue weighted by Gasteiger charge is 2.21. The lowest BCUT2D eigenvalue weighted by Crippen LogP contribution is -2.32. The van der Waals surface area contributed by atoms with Crippen LogP contribution in [0.2, 0.25) is 5.02 Å². The Morgan fingerprint density at radius 3 is 2.70 bits per heavy atom. The average Bonchev–Trinajstić information content (AvgIpc) is 2.98. The average molecular weight is 383 g/mol. The van der Waals surface area contributed by atoms with Crippen molar-refractivity contribution in [3.8, 4) is 0 Å². The van der Waals surface area contributed by atoms with Crippen LogP contribution in [-0.4, -0.2) is 28.5 Å². The van der Waals surface area contributed by atoms with E-state index in [1.165, 1.54) is 19.3 Å². The number of piperidine rings is 1. The zero-order valence-corrected chi connectivity index (χ0v) is 16.2. The largest absolute Gasteiger partial charge is 0.356 e. The van der Waals surface area contributed by atoms with E-state index in [4.69, 9.17) is 11.6 Å². The second-order valence-electron chi connectivity index (χ2n) is 6.96. The van der Waals surface area contributed by atoms with Gasteiger partial charge < -0.3 is 14.8 Å². The normalized spacial score (nSPS) is 14.5. The van der Waals surface area contributed by atoms with Crippen LogP contribution >= 0.6 is 11.6 Å². The molecule has 27 heavy (non-hydrogen) atoms. The summed E-state index contributed by atoms with van der Waals surface area (Å²) in [7, 11) is 1.87. The monoisotopic (exact) mass is 382 g/mol. The minimum atomic E-state index is -0.174. The van der Waals surface area contributed by atoms with Crippen LogP contribution in [0.5, 0.6) is 0 Å². The molecule has 0 saturated carbocycles. The van der Waals surface area contributed by atoms with Gasteiger partial charge in [-0.05, 0) is 31.4 Å². The van der Waals surface area contributed by atoms with Gasteiger partial charge in [0.25, 0.3) is 5.91 Å². The lowest BCUT2D eigenvalue weighted by atomic mass is 10.1. The molecule has 0 radical (unpaired) electrons. The molecule has 3 aromatic rings. The van der Waals surface area contributed by atoms with Crippen LogP contribution in [0, 0.1) is 0 Å². The van der Waals surface area contributed by atoms with Crippen LogP contribution < -0.4 is 10.2 Å². The topological polar surface area (TPSA) is 50.2 Å². The number of amides is 1. The maximum Gasteiger partial charge on any atom is 0.269 e. The van der Waals surface area contributed by atoms with Gasteiger partial charge in [-0.15, -0.1) is 0 Å². The number of rotatable bonds is 4. The molecule has 1 N–H and O–H groups in total. The summed E-state index contributed by atoms with van der Waals surface area (Å²) in [5.41, 5.74) is 2.46. The van der Waals surface area contributed by atoms with E-state index in [9.17, 15) is 4.79 Å². The first-order chi connectivity index (χ1) is 13.2. The standard InChI is InChI=1S/C21H23ClN4O/c1-25-17-10-4-3-9-16(17)18(22)19(25)21(27)24-14-15-8-7-11-23-20(15)26-12-5-2-6-13-26/h3-4,7-11H,2,5-6,12-14H2,1H3,(H,24,27). The number of pyridine rings is 1. The van der Waals surface area contributed by atoms with E-state index in [2.05, 4.69) is 15.2 Å². The smallest absolute Gasteiger partial charge is 0.269 e. The third kappa shape index (κ3) is 3.39. The van der Waals surface area contributed by atoms with E-state index >= 15 is 0 Å². The van der Waals surface area contributed by atoms with Crippen molar-refractivity contribution in [3.63, 3.8) is 0 Å². The van der Waals surface area contributed by atoms with Gasteiger partial charge in [-0.1, -0.05) is 35.9 Å². The Morgan fingerprint density at radius 2 is 1.93 bits per heavy atom. The fourth-order valence-corrected chi connectivity index (χ4v) is 4.19. The molecule has 1 aliphatic rings. The van der Waals surface area contributed by atoms with Crippen LogP contribution in [0.4, 0.5) is 5.82 Å². The van der Waals surface area contributed by atoms with Gasteiger partial charge >= 0.3 is 0 Å². The van der Waals surface area contributed by atoms with Crippen molar-refractivity contribution >= 4 is 34.2 Å². The Balaban J connectivity index is 1.56. The number of para-hydroxylation sites is 1. The molecular formula is C21H23ClN4O. The third-order valence-corrected chi connectivity index (χ3v) is 5.61. The Kier molecular flexibility index (Phi) is 5.03. The van der Waals surface area contributed by atoms with Gasteiger partial charge in [-0.25, -0.2) is 4.98 Å². The predicted octanol–water partition coefficient (Wildman–Crippen LogP) is 4.15. The van der Waals surface area contributed by atoms with E-state index in [-0.39, 0.29) is 5.91 Å². The molecule has 6 heteroatoms. The first-order valence-corrected chi connectivity index (χ1v) is 9.74. The van der Waals surface area contributed by atoms with Gasteiger partial charge in [0.05, 0.1) is 5.02 Å². The lowest BCUT2D eigenvalue weighted by molar-refractivity contribution is 0.0943. The van der Waals surface area contributed by atoms with Crippen LogP contribution in [0.3, 0.4) is 0 Å². The molecular weight excluding hydrogens is 360 g/mol. The Hall–Kier alpha value is -2.53. The number of fused-ring (bicyclic) bond motifs is 1. The van der Waals surface area contributed by atoms with E-state index in [1.807, 2.05) is 54.2 Å². The predicted molar refractivity (Wildman–Crippen MR) is 109 cm³/mol. The van der Waals surface area contributed by atoms with Crippen molar-refractivity contribution in [2.75, 3.05) is 18.0 Å². The van der Waals surface area contributed by atoms with Crippen molar-refractivity contribution in [2.45, 2.75) is 25.8 Å². The van der Waals surface area contributed by atoms with Crippen molar-refractivity contribution in [3.05, 3.63) is 58.9 Å². The Bertz CT molecular complexity index is 936. The number of carbonyl (C=O) groups is 1. The van der Waals surface area contributed by atoms with Gasteiger partial charge in [0.2, 0.25) is 0 Å². The van der Waals surface area contributed by atoms with Gasteiger partial charge in [-0.2, -0.15) is 0 Å². The highest BCUT2D eigenvalue weighted by atomic mass is 35.5. The fraction of sp³-hybridized carbons (Fsp3) is 0.333. The maximum absolute atomic E-state index is 12.9. The summed E-state index contributed by atoms with van der Waals surface area (Å²) >= 11 is 6.49. The summed E-state index contributed by atoms with van der Waals surface area (Å²) in [6.45, 7) is 2.47. The highest BCUT2D eigenvalue weighted by Crippen LogP contribution is 2.30. The molecule has 2 aromatic heterocycles. The Labute approximate surface area is 163 Å². The summed E-state index contributed by atoms with van der Waals surface area (Å²) in [5, 5.41) is 4.41. The van der Waals surface area contributed by atoms with Crippen molar-refractivity contribution in [2.24, 2.45) is 7.05 Å². The molecule has 4 rings (SSSR count). The molecule has 5 nitrogen and oxygen atoms in total. The minimum absolute atomic E-state index is 0.174. The second-order valence-corrected chi connectivity index (χ2v) is 7.33. The number of halogens is 1. The molecule has 0 spiro atoms. The maximum atomic E-state index is 12.9. The molecule has 0 aliphatic carbocycles. The third-order valence-electron chi connectivity index (χ3n) is 5.22. The van der Waals surface area contributed by atoms with Crippen LogP contribution in [0.1, 0.15) is 35.3 Å². The molecule has 0 bridgehead atoms. The molecule has 0 atom stereocenters. The number of hydrogen-bond donors (Lipinski definition) is 1. The molecule has 140 valence electrons. The number of nitrogens with zero attached hydrogens (tertiary/aromatic N) is 3. The van der Waals surface area contributed by atoms with Gasteiger partial charge in [0.15, 0.2) is 0 Å². The van der Waals surface area contributed by atoms with Crippen molar-refractivity contribution in [1.82, 2.24) is 14.9 Å². The van der Waals surface area contributed by atoms with E-state index < -0.39 is 0 Å². The molecule has 0 unspecified atom stereocenters. The number of carbonyl (C=O) groups excluding carboxylic acids is 1. The number of benzene rings is 1. The number of aromatic nitrogens is 2. The Morgan fingerprint density at radius 1 is 1.15 bits per heavy atom. The second kappa shape index (κ2) is 7.61. The van der Waals surface area contributed by atoms with Crippen LogP contribution in [-0.2, 0) is 13.6 Å². The lowest BCUT2D eigenvalue weighted by Gasteiger charge is -2.29. The zero-order chi connectivity index (χ0) is 18.8. The van der Waals surface area contributed by atoms with E-state index in [1.54, 1.807) is 0 Å². The van der Waals surface area contributed by atoms with Crippen molar-refractivity contribution in [1.29, 1.82) is 0 Å². The molecule has 1 aromatic carbocycles. The summed E-state index contributed by atoms with van der Waals surface area (Å²) < 4.78 is 1.85. The zero-order valence-electron chi connectivity index (χ0n) is 15.4. The van der Waals surface area contributed by atoms with Gasteiger partial charge in [-0.3, -0.25) is 4.79 Å². The SMILES string of the molecule is Cn1c(C(=O)NCc2cccnc2N2CCCCC2)c(Cl)c2ccccc21. The molecule has 3 heterocycles. The summed E-state index contributed by atoms with van der Waals surface area (Å²) in [6.07, 6.45) is 5.47. The first kappa shape index (κ1) is 17.9. The van der Waals surface area contributed by atoms with Crippen LogP contribution in [0.15, 0.2) is 42.6 Å². The summed E-state index contributed by atoms with van der Waals surface area (Å²) in [4.78, 5) is 19.7. The van der Waals surface area contributed by atoms with Gasteiger partial charge in [0.1, 0.15) is 11.5 Å². The van der Waals surface area contributed by atoms with Crippen molar-refractivity contribution < 1.29 is 4.79 Å². The van der Waals surface area contributed by atoms with E-state index in [0.29, 0.717) is 17.3 Å². The number of anilines is 1. The fourth-order valence-electron chi connectivity index (χ4n) is 3.82. The molecule has 1 fully saturated rings. The summed E-state index contributed by atoms with van der Waals surface area (Å²) in [5.74, 6) is 0.799. The molecule has 1 amide bonds. The van der Waals surface area contributed by atoms with E-state index in [0.717, 1.165) is 35.4 Å². The quantitative estimate of drug-likeness (QED) is 0.737. The summed E-state index contributed by atoms with van der Waals surface area (Å²) in [6, 6.07) is 11.7. The molecule has 1 saturated heterocycles.